The number of aromatic nitrogens is 1. The SMILES string of the molecule is COc1ccc(-c2cc(C(=O)OCc3cc(=O)oc4c(C)c(C)ccc34)c3ccccc3n2)cc1. The molecule has 2 aromatic heterocycles. The van der Waals surface area contributed by atoms with Crippen LogP contribution >= 0.6 is 0 Å². The van der Waals surface area contributed by atoms with Gasteiger partial charge >= 0.3 is 11.6 Å². The fourth-order valence-electron chi connectivity index (χ4n) is 4.12. The summed E-state index contributed by atoms with van der Waals surface area (Å²) in [5, 5.41) is 1.44. The molecule has 0 saturated carbocycles. The first kappa shape index (κ1) is 22.3. The lowest BCUT2D eigenvalue weighted by atomic mass is 10.0. The number of ether oxygens (including phenoxy) is 2. The first-order chi connectivity index (χ1) is 16.9. The number of hydrogen-bond donors (Lipinski definition) is 0. The van der Waals surface area contributed by atoms with Crippen molar-refractivity contribution in [2.24, 2.45) is 0 Å². The van der Waals surface area contributed by atoms with Crippen LogP contribution in [0.1, 0.15) is 27.0 Å². The van der Waals surface area contributed by atoms with E-state index in [0.717, 1.165) is 27.8 Å². The zero-order valence-electron chi connectivity index (χ0n) is 19.6. The van der Waals surface area contributed by atoms with Gasteiger partial charge in [0, 0.05) is 28.0 Å². The van der Waals surface area contributed by atoms with Crippen molar-refractivity contribution >= 4 is 27.8 Å². The second-order valence-electron chi connectivity index (χ2n) is 8.35. The van der Waals surface area contributed by atoms with Gasteiger partial charge in [-0.1, -0.05) is 30.3 Å². The lowest BCUT2D eigenvalue weighted by Crippen LogP contribution is -2.09. The molecule has 0 fully saturated rings. The summed E-state index contributed by atoms with van der Waals surface area (Å²) in [4.78, 5) is 30.2. The summed E-state index contributed by atoms with van der Waals surface area (Å²) in [5.41, 5.74) is 5.12. The van der Waals surface area contributed by atoms with Gasteiger partial charge in [-0.15, -0.1) is 0 Å². The number of pyridine rings is 1. The molecule has 5 rings (SSSR count). The van der Waals surface area contributed by atoms with Crippen molar-refractivity contribution in [2.75, 3.05) is 7.11 Å². The molecule has 0 aliphatic rings. The van der Waals surface area contributed by atoms with E-state index in [4.69, 9.17) is 18.9 Å². The molecule has 0 aliphatic carbocycles. The van der Waals surface area contributed by atoms with E-state index < -0.39 is 11.6 Å². The molecule has 0 spiro atoms. The van der Waals surface area contributed by atoms with Gasteiger partial charge in [-0.25, -0.2) is 14.6 Å². The van der Waals surface area contributed by atoms with Crippen molar-refractivity contribution in [1.29, 1.82) is 0 Å². The quantitative estimate of drug-likeness (QED) is 0.234. The van der Waals surface area contributed by atoms with Crippen molar-refractivity contribution in [3.63, 3.8) is 0 Å². The maximum atomic E-state index is 13.3. The summed E-state index contributed by atoms with van der Waals surface area (Å²) >= 11 is 0. The summed E-state index contributed by atoms with van der Waals surface area (Å²) < 4.78 is 16.4. The molecule has 6 heteroatoms. The van der Waals surface area contributed by atoms with E-state index in [1.165, 1.54) is 6.07 Å². The number of nitrogens with zero attached hydrogens (tertiary/aromatic N) is 1. The molecule has 5 aromatic rings. The van der Waals surface area contributed by atoms with Gasteiger partial charge in [0.05, 0.1) is 23.9 Å². The average molecular weight is 466 g/mol. The third-order valence-corrected chi connectivity index (χ3v) is 6.20. The topological polar surface area (TPSA) is 78.6 Å². The first-order valence-corrected chi connectivity index (χ1v) is 11.2. The minimum Gasteiger partial charge on any atom is -0.497 e. The fraction of sp³-hybridized carbons (Fsp3) is 0.138. The second kappa shape index (κ2) is 9.06. The molecule has 0 bridgehead atoms. The number of aryl methyl sites for hydroxylation is 2. The molecule has 0 saturated heterocycles. The highest BCUT2D eigenvalue weighted by Crippen LogP contribution is 2.28. The summed E-state index contributed by atoms with van der Waals surface area (Å²) in [6, 6.07) is 21.9. The Hall–Kier alpha value is -4.45. The van der Waals surface area contributed by atoms with Gasteiger partial charge in [-0.3, -0.25) is 0 Å². The Bertz CT molecular complexity index is 1630. The second-order valence-corrected chi connectivity index (χ2v) is 8.35. The van der Waals surface area contributed by atoms with Crippen LogP contribution in [-0.4, -0.2) is 18.1 Å². The van der Waals surface area contributed by atoms with E-state index in [-0.39, 0.29) is 6.61 Å². The van der Waals surface area contributed by atoms with Crippen LogP contribution in [0.3, 0.4) is 0 Å². The smallest absolute Gasteiger partial charge is 0.339 e. The Labute approximate surface area is 201 Å². The Morgan fingerprint density at radius 1 is 0.943 bits per heavy atom. The predicted molar refractivity (Wildman–Crippen MR) is 135 cm³/mol. The third-order valence-electron chi connectivity index (χ3n) is 6.20. The number of esters is 1. The normalized spacial score (nSPS) is 11.1. The summed E-state index contributed by atoms with van der Waals surface area (Å²) in [5.74, 6) is 0.239. The maximum absolute atomic E-state index is 13.3. The van der Waals surface area contributed by atoms with Crippen LogP contribution in [0, 0.1) is 13.8 Å². The zero-order valence-corrected chi connectivity index (χ0v) is 19.6. The minimum atomic E-state index is -0.497. The Balaban J connectivity index is 1.52. The van der Waals surface area contributed by atoms with Crippen molar-refractivity contribution < 1.29 is 18.7 Å². The lowest BCUT2D eigenvalue weighted by molar-refractivity contribution is 0.0476. The molecule has 0 N–H and O–H groups in total. The van der Waals surface area contributed by atoms with Gasteiger partial charge in [0.15, 0.2) is 0 Å². The minimum absolute atomic E-state index is 0.0576. The summed E-state index contributed by atoms with van der Waals surface area (Å²) in [6.07, 6.45) is 0. The van der Waals surface area contributed by atoms with E-state index in [0.29, 0.717) is 33.3 Å². The number of fused-ring (bicyclic) bond motifs is 2. The molecule has 2 heterocycles. The van der Waals surface area contributed by atoms with E-state index in [9.17, 15) is 9.59 Å². The van der Waals surface area contributed by atoms with Crippen LogP contribution in [-0.2, 0) is 11.3 Å². The lowest BCUT2D eigenvalue weighted by Gasteiger charge is -2.12. The molecule has 3 aromatic carbocycles. The van der Waals surface area contributed by atoms with Crippen LogP contribution in [0.15, 0.2) is 82.0 Å². The largest absolute Gasteiger partial charge is 0.497 e. The van der Waals surface area contributed by atoms with Crippen molar-refractivity contribution in [3.8, 4) is 17.0 Å². The molecule has 6 nitrogen and oxygen atoms in total. The van der Waals surface area contributed by atoms with Crippen LogP contribution in [0.2, 0.25) is 0 Å². The van der Waals surface area contributed by atoms with Crippen molar-refractivity contribution in [2.45, 2.75) is 20.5 Å². The van der Waals surface area contributed by atoms with E-state index in [2.05, 4.69) is 0 Å². The molecule has 0 amide bonds. The third kappa shape index (κ3) is 4.26. The van der Waals surface area contributed by atoms with Crippen molar-refractivity contribution in [3.05, 3.63) is 105 Å². The van der Waals surface area contributed by atoms with E-state index >= 15 is 0 Å². The highest BCUT2D eigenvalue weighted by atomic mass is 16.5. The van der Waals surface area contributed by atoms with E-state index in [1.54, 1.807) is 13.2 Å². The predicted octanol–water partition coefficient (Wildman–Crippen LogP) is 5.99. The van der Waals surface area contributed by atoms with Crippen molar-refractivity contribution in [1.82, 2.24) is 4.98 Å². The zero-order chi connectivity index (χ0) is 24.5. The molecule has 0 aliphatic heterocycles. The summed E-state index contributed by atoms with van der Waals surface area (Å²) in [6.45, 7) is 3.80. The van der Waals surface area contributed by atoms with Gasteiger partial charge in [0.1, 0.15) is 17.9 Å². The Morgan fingerprint density at radius 2 is 1.71 bits per heavy atom. The number of methoxy groups -OCH3 is 1. The molecule has 0 radical (unpaired) electrons. The number of benzene rings is 3. The van der Waals surface area contributed by atoms with Gasteiger partial charge in [-0.05, 0) is 61.4 Å². The van der Waals surface area contributed by atoms with Gasteiger partial charge < -0.3 is 13.9 Å². The molecule has 174 valence electrons. The van der Waals surface area contributed by atoms with Gasteiger partial charge in [0.2, 0.25) is 0 Å². The Kier molecular flexibility index (Phi) is 5.79. The van der Waals surface area contributed by atoms with E-state index in [1.807, 2.05) is 74.5 Å². The highest BCUT2D eigenvalue weighted by Gasteiger charge is 2.17. The maximum Gasteiger partial charge on any atom is 0.339 e. The molecule has 0 unspecified atom stereocenters. The summed E-state index contributed by atoms with van der Waals surface area (Å²) in [7, 11) is 1.61. The highest BCUT2D eigenvalue weighted by molar-refractivity contribution is 6.04. The number of para-hydroxylation sites is 1. The Morgan fingerprint density at radius 3 is 2.49 bits per heavy atom. The average Bonchev–Trinajstić information content (AvgIpc) is 2.88. The fourth-order valence-corrected chi connectivity index (χ4v) is 4.12. The first-order valence-electron chi connectivity index (χ1n) is 11.2. The molecule has 35 heavy (non-hydrogen) atoms. The number of carbonyl (C=O) groups is 1. The number of hydrogen-bond acceptors (Lipinski definition) is 6. The number of carbonyl (C=O) groups excluding carboxylic acids is 1. The standard InChI is InChI=1S/C29H23NO5/c1-17-8-13-22-20(14-27(31)35-28(22)18(17)2)16-34-29(32)24-15-26(19-9-11-21(33-3)12-10-19)30-25-7-5-4-6-23(24)25/h4-15H,16H2,1-3H3. The molecular formula is C29H23NO5. The number of rotatable bonds is 5. The van der Waals surface area contributed by atoms with Gasteiger partial charge in [-0.2, -0.15) is 0 Å². The van der Waals surface area contributed by atoms with Crippen LogP contribution in [0.25, 0.3) is 33.1 Å². The molecular weight excluding hydrogens is 442 g/mol. The van der Waals surface area contributed by atoms with Crippen LogP contribution in [0.5, 0.6) is 5.75 Å². The monoisotopic (exact) mass is 465 g/mol. The van der Waals surface area contributed by atoms with Crippen LogP contribution < -0.4 is 10.4 Å². The van der Waals surface area contributed by atoms with Gasteiger partial charge in [0.25, 0.3) is 0 Å². The molecule has 0 atom stereocenters. The van der Waals surface area contributed by atoms with Crippen LogP contribution in [0.4, 0.5) is 0 Å².